The molecule has 2 rings (SSSR count). The maximum atomic E-state index is 12.6. The van der Waals surface area contributed by atoms with E-state index in [0.717, 1.165) is 31.0 Å². The summed E-state index contributed by atoms with van der Waals surface area (Å²) in [5.74, 6) is 0. The Kier molecular flexibility index (Phi) is 7.52. The number of nitrogens with one attached hydrogen (secondary N) is 1. The second-order valence-corrected chi connectivity index (χ2v) is 8.04. The minimum absolute atomic E-state index is 0.0142. The highest BCUT2D eigenvalue weighted by Gasteiger charge is 2.30. The van der Waals surface area contributed by atoms with Gasteiger partial charge in [-0.3, -0.25) is 4.21 Å². The fourth-order valence-corrected chi connectivity index (χ4v) is 4.37. The van der Waals surface area contributed by atoms with Gasteiger partial charge in [-0.1, -0.05) is 25.4 Å². The molecule has 0 spiro atoms. The van der Waals surface area contributed by atoms with Gasteiger partial charge in [0.05, 0.1) is 16.0 Å². The monoisotopic (exact) mass is 371 g/mol. The molecule has 1 aliphatic heterocycles. The molecule has 0 saturated carbocycles. The van der Waals surface area contributed by atoms with Crippen LogP contribution in [0.3, 0.4) is 0 Å². The molecule has 24 heavy (non-hydrogen) atoms. The van der Waals surface area contributed by atoms with Crippen LogP contribution in [-0.4, -0.2) is 64.6 Å². The van der Waals surface area contributed by atoms with Crippen LogP contribution < -0.4 is 5.32 Å². The summed E-state index contributed by atoms with van der Waals surface area (Å²) in [6.45, 7) is 8.88. The van der Waals surface area contributed by atoms with Crippen molar-refractivity contribution in [3.8, 4) is 0 Å². The Hall–Kier alpha value is -1.11. The highest BCUT2D eigenvalue weighted by atomic mass is 35.5. The molecule has 134 valence electrons. The molecular formula is C17H26ClN3O2S. The van der Waals surface area contributed by atoms with Crippen molar-refractivity contribution in [3.05, 3.63) is 29.3 Å². The van der Waals surface area contributed by atoms with Crippen molar-refractivity contribution in [3.63, 3.8) is 0 Å². The molecule has 0 bridgehead atoms. The summed E-state index contributed by atoms with van der Waals surface area (Å²) >= 11 is 5.87. The molecule has 0 aromatic heterocycles. The number of hydrogen-bond donors (Lipinski definition) is 1. The number of hydrogen-bond acceptors (Lipinski definition) is 3. The third-order valence-corrected chi connectivity index (χ3v) is 6.36. The Balaban J connectivity index is 1.80. The summed E-state index contributed by atoms with van der Waals surface area (Å²) < 4.78 is 12.6. The number of likely N-dealkylation sites (N-methyl/N-ethyl adjacent to an activating group) is 1. The highest BCUT2D eigenvalue weighted by molar-refractivity contribution is 7.85. The fourth-order valence-electron chi connectivity index (χ4n) is 2.82. The number of carbonyl (C=O) groups is 1. The largest absolute Gasteiger partial charge is 0.337 e. The topological polar surface area (TPSA) is 52.7 Å². The van der Waals surface area contributed by atoms with E-state index in [9.17, 15) is 9.00 Å². The summed E-state index contributed by atoms with van der Waals surface area (Å²) in [4.78, 5) is 17.0. The van der Waals surface area contributed by atoms with Gasteiger partial charge in [0.1, 0.15) is 0 Å². The van der Waals surface area contributed by atoms with E-state index >= 15 is 0 Å². The average Bonchev–Trinajstić information content (AvgIpc) is 3.09. The van der Waals surface area contributed by atoms with Crippen molar-refractivity contribution in [1.82, 2.24) is 15.1 Å². The Bertz CT molecular complexity index is 563. The molecular weight excluding hydrogens is 346 g/mol. The maximum absolute atomic E-state index is 12.6. The van der Waals surface area contributed by atoms with Crippen molar-refractivity contribution in [2.24, 2.45) is 0 Å². The summed E-state index contributed by atoms with van der Waals surface area (Å²) in [6, 6.07) is 7.04. The minimum atomic E-state index is -1.11. The van der Waals surface area contributed by atoms with Crippen LogP contribution in [0.1, 0.15) is 20.3 Å². The van der Waals surface area contributed by atoms with E-state index in [2.05, 4.69) is 24.1 Å². The van der Waals surface area contributed by atoms with Crippen LogP contribution in [0.5, 0.6) is 0 Å². The third-order valence-electron chi connectivity index (χ3n) is 4.38. The lowest BCUT2D eigenvalue weighted by molar-refractivity contribution is 0.206. The van der Waals surface area contributed by atoms with Gasteiger partial charge in [0.25, 0.3) is 0 Å². The average molecular weight is 372 g/mol. The van der Waals surface area contributed by atoms with Crippen LogP contribution in [-0.2, 0) is 10.8 Å². The van der Waals surface area contributed by atoms with E-state index in [1.807, 2.05) is 0 Å². The molecule has 5 nitrogen and oxygen atoms in total. The quantitative estimate of drug-likeness (QED) is 0.801. The van der Waals surface area contributed by atoms with Crippen LogP contribution in [0.4, 0.5) is 4.79 Å². The number of benzene rings is 1. The molecule has 7 heteroatoms. The Morgan fingerprint density at radius 1 is 1.33 bits per heavy atom. The second kappa shape index (κ2) is 9.39. The number of nitrogens with zero attached hydrogens (tertiary/aromatic N) is 2. The number of carbonyl (C=O) groups excluding carboxylic acids is 1. The van der Waals surface area contributed by atoms with E-state index in [1.54, 1.807) is 29.2 Å². The van der Waals surface area contributed by atoms with E-state index in [-0.39, 0.29) is 11.3 Å². The van der Waals surface area contributed by atoms with Gasteiger partial charge < -0.3 is 15.1 Å². The van der Waals surface area contributed by atoms with Gasteiger partial charge in [0.15, 0.2) is 0 Å². The van der Waals surface area contributed by atoms with Gasteiger partial charge in [-0.05, 0) is 43.8 Å². The lowest BCUT2D eigenvalue weighted by Gasteiger charge is -2.21. The number of likely N-dealkylation sites (tertiary alicyclic amines) is 1. The molecule has 1 aromatic rings. The van der Waals surface area contributed by atoms with Gasteiger partial charge in [-0.15, -0.1) is 0 Å². The van der Waals surface area contributed by atoms with E-state index in [0.29, 0.717) is 24.7 Å². The normalized spacial score (nSPS) is 18.8. The van der Waals surface area contributed by atoms with Gasteiger partial charge in [-0.2, -0.15) is 0 Å². The van der Waals surface area contributed by atoms with Crippen LogP contribution in [0.25, 0.3) is 0 Å². The van der Waals surface area contributed by atoms with Crippen LogP contribution in [0.2, 0.25) is 5.02 Å². The minimum Gasteiger partial charge on any atom is -0.337 e. The first-order chi connectivity index (χ1) is 11.5. The summed E-state index contributed by atoms with van der Waals surface area (Å²) in [6.07, 6.45) is 0.763. The SMILES string of the molecule is CCN(CC)CCNC(=O)N1CCC(S(=O)c2ccc(Cl)cc2)C1. The lowest BCUT2D eigenvalue weighted by Crippen LogP contribution is -2.42. The summed E-state index contributed by atoms with van der Waals surface area (Å²) in [7, 11) is -1.11. The molecule has 2 unspecified atom stereocenters. The molecule has 0 aliphatic carbocycles. The van der Waals surface area contributed by atoms with Gasteiger partial charge in [0.2, 0.25) is 0 Å². The van der Waals surface area contributed by atoms with Crippen molar-refractivity contribution in [2.75, 3.05) is 39.3 Å². The Morgan fingerprint density at radius 2 is 2.00 bits per heavy atom. The first kappa shape index (κ1) is 19.2. The maximum Gasteiger partial charge on any atom is 0.317 e. The number of halogens is 1. The van der Waals surface area contributed by atoms with Crippen molar-refractivity contribution < 1.29 is 9.00 Å². The molecule has 1 N–H and O–H groups in total. The van der Waals surface area contributed by atoms with Crippen molar-refractivity contribution >= 4 is 28.4 Å². The van der Waals surface area contributed by atoms with Gasteiger partial charge >= 0.3 is 6.03 Å². The third kappa shape index (κ3) is 5.19. The molecule has 1 fully saturated rings. The second-order valence-electron chi connectivity index (χ2n) is 5.87. The zero-order chi connectivity index (χ0) is 17.5. The van der Waals surface area contributed by atoms with Crippen LogP contribution in [0.15, 0.2) is 29.2 Å². The molecule has 1 heterocycles. The molecule has 0 radical (unpaired) electrons. The summed E-state index contributed by atoms with van der Waals surface area (Å²) in [5, 5.41) is 3.58. The van der Waals surface area contributed by atoms with Crippen molar-refractivity contribution in [1.29, 1.82) is 0 Å². The van der Waals surface area contributed by atoms with Crippen molar-refractivity contribution in [2.45, 2.75) is 30.4 Å². The van der Waals surface area contributed by atoms with E-state index in [4.69, 9.17) is 11.6 Å². The highest BCUT2D eigenvalue weighted by Crippen LogP contribution is 2.21. The van der Waals surface area contributed by atoms with Crippen LogP contribution >= 0.6 is 11.6 Å². The molecule has 1 aliphatic rings. The molecule has 2 atom stereocenters. The Morgan fingerprint density at radius 3 is 2.62 bits per heavy atom. The lowest BCUT2D eigenvalue weighted by atomic mass is 10.4. The Labute approximate surface area is 151 Å². The molecule has 1 saturated heterocycles. The first-order valence-corrected chi connectivity index (χ1v) is 10.1. The summed E-state index contributed by atoms with van der Waals surface area (Å²) in [5.41, 5.74) is 0. The van der Waals surface area contributed by atoms with E-state index in [1.165, 1.54) is 0 Å². The van der Waals surface area contributed by atoms with E-state index < -0.39 is 10.8 Å². The standard InChI is InChI=1S/C17H26ClN3O2S/c1-3-20(4-2)12-10-19-17(22)21-11-9-16(13-21)24(23)15-7-5-14(18)6-8-15/h5-8,16H,3-4,9-13H2,1-2H3,(H,19,22). The predicted octanol–water partition coefficient (Wildman–Crippen LogP) is 2.57. The number of amides is 2. The molecule has 1 aromatic carbocycles. The number of urea groups is 1. The molecule has 2 amide bonds. The number of rotatable bonds is 7. The van der Waals surface area contributed by atoms with Gasteiger partial charge in [-0.25, -0.2) is 4.79 Å². The van der Waals surface area contributed by atoms with Crippen LogP contribution in [0, 0.1) is 0 Å². The fraction of sp³-hybridized carbons (Fsp3) is 0.588. The predicted molar refractivity (Wildman–Crippen MR) is 99.0 cm³/mol. The zero-order valence-corrected chi connectivity index (χ0v) is 15.9. The first-order valence-electron chi connectivity index (χ1n) is 8.46. The van der Waals surface area contributed by atoms with Gasteiger partial charge in [0, 0.05) is 36.1 Å². The zero-order valence-electron chi connectivity index (χ0n) is 14.3. The smallest absolute Gasteiger partial charge is 0.317 e.